The number of carbonyl (C=O) groups is 1. The fourth-order valence-electron chi connectivity index (χ4n) is 3.35. The van der Waals surface area contributed by atoms with Crippen molar-refractivity contribution in [1.29, 1.82) is 0 Å². The van der Waals surface area contributed by atoms with Gasteiger partial charge in [-0.15, -0.1) is 4.40 Å². The van der Waals surface area contributed by atoms with Crippen molar-refractivity contribution in [2.24, 2.45) is 4.40 Å². The average molecular weight is 504 g/mol. The predicted octanol–water partition coefficient (Wildman–Crippen LogP) is 4.14. The van der Waals surface area contributed by atoms with Gasteiger partial charge in [-0.1, -0.05) is 23.7 Å². The second-order valence-electron chi connectivity index (χ2n) is 8.24. The molecule has 4 rings (SSSR count). The SMILES string of the molecule is CN(C)/C=N/S(=O)(=O)c1cc(NC(=O)Cc2c(F)cccc2Cl)ccc1-c1cnn(C2CC2)c1. The number of benzene rings is 2. The monoisotopic (exact) mass is 503 g/mol. The van der Waals surface area contributed by atoms with Gasteiger partial charge >= 0.3 is 0 Å². The molecule has 1 N–H and O–H groups in total. The van der Waals surface area contributed by atoms with Crippen LogP contribution in [0.3, 0.4) is 0 Å². The van der Waals surface area contributed by atoms with E-state index in [0.717, 1.165) is 12.8 Å². The fourth-order valence-corrected chi connectivity index (χ4v) is 4.74. The third kappa shape index (κ3) is 5.45. The molecule has 8 nitrogen and oxygen atoms in total. The maximum Gasteiger partial charge on any atom is 0.284 e. The number of hydrogen-bond acceptors (Lipinski definition) is 4. The maximum absolute atomic E-state index is 14.1. The lowest BCUT2D eigenvalue weighted by Gasteiger charge is -2.12. The van der Waals surface area contributed by atoms with Crippen LogP contribution < -0.4 is 5.32 Å². The van der Waals surface area contributed by atoms with Crippen LogP contribution in [0.25, 0.3) is 11.1 Å². The molecule has 1 amide bonds. The third-order valence-corrected chi connectivity index (χ3v) is 6.81. The molecule has 0 bridgehead atoms. The average Bonchev–Trinajstić information content (AvgIpc) is 3.52. The fraction of sp³-hybridized carbons (Fsp3) is 0.261. The van der Waals surface area contributed by atoms with Gasteiger partial charge in [0.1, 0.15) is 12.2 Å². The van der Waals surface area contributed by atoms with E-state index in [1.54, 1.807) is 38.6 Å². The van der Waals surface area contributed by atoms with E-state index in [1.165, 1.54) is 35.5 Å². The minimum Gasteiger partial charge on any atom is -0.368 e. The minimum absolute atomic E-state index is 0.0641. The zero-order valence-electron chi connectivity index (χ0n) is 18.6. The van der Waals surface area contributed by atoms with Crippen LogP contribution in [0.1, 0.15) is 24.4 Å². The van der Waals surface area contributed by atoms with E-state index in [2.05, 4.69) is 14.8 Å². The number of nitrogens with zero attached hydrogens (tertiary/aromatic N) is 4. The van der Waals surface area contributed by atoms with E-state index in [4.69, 9.17) is 11.6 Å². The summed E-state index contributed by atoms with van der Waals surface area (Å²) < 4.78 is 45.8. The Hall–Kier alpha value is -3.24. The molecule has 0 spiro atoms. The normalized spacial score (nSPS) is 13.9. The van der Waals surface area contributed by atoms with Crippen LogP contribution in [0.2, 0.25) is 5.02 Å². The smallest absolute Gasteiger partial charge is 0.284 e. The Bertz CT molecular complexity index is 1350. The largest absolute Gasteiger partial charge is 0.368 e. The van der Waals surface area contributed by atoms with Crippen LogP contribution in [0.15, 0.2) is 58.1 Å². The van der Waals surface area contributed by atoms with Crippen molar-refractivity contribution >= 4 is 39.6 Å². The maximum atomic E-state index is 14.1. The summed E-state index contributed by atoms with van der Waals surface area (Å²) >= 11 is 6.01. The molecule has 0 aliphatic heterocycles. The molecule has 1 heterocycles. The molecule has 0 saturated heterocycles. The van der Waals surface area contributed by atoms with Gasteiger partial charge in [0.05, 0.1) is 23.6 Å². The number of halogens is 2. The van der Waals surface area contributed by atoms with Gasteiger partial charge in [-0.2, -0.15) is 13.5 Å². The van der Waals surface area contributed by atoms with Crippen LogP contribution in [0, 0.1) is 5.82 Å². The predicted molar refractivity (Wildman–Crippen MR) is 129 cm³/mol. The van der Waals surface area contributed by atoms with Gasteiger partial charge in [-0.25, -0.2) is 4.39 Å². The molecule has 2 aromatic carbocycles. The molecule has 0 atom stereocenters. The first-order valence-corrected chi connectivity index (χ1v) is 12.3. The molecular formula is C23H23ClFN5O3S. The zero-order chi connectivity index (χ0) is 24.5. The summed E-state index contributed by atoms with van der Waals surface area (Å²) in [7, 11) is -0.788. The Balaban J connectivity index is 1.67. The summed E-state index contributed by atoms with van der Waals surface area (Å²) in [6.45, 7) is 0. The summed E-state index contributed by atoms with van der Waals surface area (Å²) in [5.41, 5.74) is 1.34. The lowest BCUT2D eigenvalue weighted by Crippen LogP contribution is -2.16. The van der Waals surface area contributed by atoms with Crippen LogP contribution in [0.4, 0.5) is 10.1 Å². The molecule has 3 aromatic rings. The second kappa shape index (κ2) is 9.55. The third-order valence-electron chi connectivity index (χ3n) is 5.19. The Morgan fingerprint density at radius 2 is 2.09 bits per heavy atom. The second-order valence-corrected chi connectivity index (χ2v) is 10.2. The van der Waals surface area contributed by atoms with Gasteiger partial charge in [0.15, 0.2) is 0 Å². The van der Waals surface area contributed by atoms with Crippen molar-refractivity contribution in [3.8, 4) is 11.1 Å². The summed E-state index contributed by atoms with van der Waals surface area (Å²) in [4.78, 5) is 14.0. The van der Waals surface area contributed by atoms with Gasteiger partial charge < -0.3 is 10.2 Å². The van der Waals surface area contributed by atoms with E-state index in [1.807, 2.05) is 4.68 Å². The van der Waals surface area contributed by atoms with Crippen LogP contribution in [0.5, 0.6) is 0 Å². The van der Waals surface area contributed by atoms with Gasteiger partial charge in [0, 0.05) is 47.7 Å². The van der Waals surface area contributed by atoms with E-state index in [0.29, 0.717) is 17.2 Å². The van der Waals surface area contributed by atoms with E-state index in [9.17, 15) is 17.6 Å². The Labute approximate surface area is 202 Å². The van der Waals surface area contributed by atoms with Crippen LogP contribution in [-0.4, -0.2) is 49.4 Å². The first kappa shape index (κ1) is 23.9. The summed E-state index contributed by atoms with van der Waals surface area (Å²) in [5.74, 6) is -1.13. The number of rotatable bonds is 8. The lowest BCUT2D eigenvalue weighted by molar-refractivity contribution is -0.115. The van der Waals surface area contributed by atoms with Gasteiger partial charge in [0.2, 0.25) is 5.91 Å². The van der Waals surface area contributed by atoms with Crippen molar-refractivity contribution < 1.29 is 17.6 Å². The lowest BCUT2D eigenvalue weighted by atomic mass is 10.1. The molecule has 1 saturated carbocycles. The molecule has 34 heavy (non-hydrogen) atoms. The summed E-state index contributed by atoms with van der Waals surface area (Å²) in [5, 5.41) is 7.10. The number of anilines is 1. The van der Waals surface area contributed by atoms with Crippen LogP contribution in [-0.2, 0) is 21.2 Å². The molecule has 0 radical (unpaired) electrons. The highest BCUT2D eigenvalue weighted by Gasteiger charge is 2.26. The van der Waals surface area contributed by atoms with E-state index < -0.39 is 21.7 Å². The number of sulfonamides is 1. The molecule has 178 valence electrons. The van der Waals surface area contributed by atoms with Crippen molar-refractivity contribution in [3.05, 3.63) is 65.2 Å². The molecule has 11 heteroatoms. The topological polar surface area (TPSA) is 96.7 Å². The Kier molecular flexibility index (Phi) is 6.72. The van der Waals surface area contributed by atoms with Crippen LogP contribution >= 0.6 is 11.6 Å². The number of carbonyl (C=O) groups excluding carboxylic acids is 1. The Morgan fingerprint density at radius 3 is 2.76 bits per heavy atom. The van der Waals surface area contributed by atoms with E-state index >= 15 is 0 Å². The molecular weight excluding hydrogens is 481 g/mol. The standard InChI is InChI=1S/C23H23ClFN5O3S/c1-29(2)14-27-34(32,33)22-10-16(28-23(31)11-19-20(24)4-3-5-21(19)25)6-9-18(22)15-12-26-30(13-15)17-7-8-17/h3-6,9-10,12-14,17H,7-8,11H2,1-2H3,(H,28,31)/b27-14+. The first-order chi connectivity index (χ1) is 16.1. The summed E-state index contributed by atoms with van der Waals surface area (Å²) in [6.07, 6.45) is 6.38. The van der Waals surface area contributed by atoms with Crippen molar-refractivity contribution in [2.75, 3.05) is 19.4 Å². The number of amides is 1. The molecule has 1 fully saturated rings. The van der Waals surface area contributed by atoms with Crippen molar-refractivity contribution in [1.82, 2.24) is 14.7 Å². The minimum atomic E-state index is -4.10. The van der Waals surface area contributed by atoms with Crippen molar-refractivity contribution in [2.45, 2.75) is 30.2 Å². The van der Waals surface area contributed by atoms with Crippen molar-refractivity contribution in [3.63, 3.8) is 0 Å². The van der Waals surface area contributed by atoms with Gasteiger partial charge in [0.25, 0.3) is 10.0 Å². The molecule has 0 unspecified atom stereocenters. The highest BCUT2D eigenvalue weighted by atomic mass is 35.5. The van der Waals surface area contributed by atoms with Gasteiger partial charge in [-0.3, -0.25) is 9.48 Å². The number of aromatic nitrogens is 2. The quantitative estimate of drug-likeness (QED) is 0.368. The highest BCUT2D eigenvalue weighted by Crippen LogP contribution is 2.37. The first-order valence-electron chi connectivity index (χ1n) is 10.5. The molecule has 1 aliphatic rings. The zero-order valence-corrected chi connectivity index (χ0v) is 20.1. The molecule has 1 aromatic heterocycles. The molecule has 1 aliphatic carbocycles. The highest BCUT2D eigenvalue weighted by molar-refractivity contribution is 7.90. The number of nitrogens with one attached hydrogen (secondary N) is 1. The van der Waals surface area contributed by atoms with E-state index in [-0.39, 0.29) is 27.6 Å². The Morgan fingerprint density at radius 1 is 1.32 bits per heavy atom. The summed E-state index contributed by atoms with van der Waals surface area (Å²) in [6, 6.07) is 9.03. The number of hydrogen-bond donors (Lipinski definition) is 1. The van der Waals surface area contributed by atoms with Gasteiger partial charge in [-0.05, 0) is 37.1 Å².